The van der Waals surface area contributed by atoms with Crippen molar-refractivity contribution < 1.29 is 19.4 Å². The first-order chi connectivity index (χ1) is 9.56. The number of ether oxygens (including phenoxy) is 1. The lowest BCUT2D eigenvalue weighted by Gasteiger charge is -2.29. The minimum absolute atomic E-state index is 0.00881. The minimum atomic E-state index is -0.776. The Morgan fingerprint density at radius 1 is 1.30 bits per heavy atom. The number of carbonyl (C=O) groups is 2. The average molecular weight is 284 g/mol. The van der Waals surface area contributed by atoms with Crippen molar-refractivity contribution in [2.45, 2.75) is 32.2 Å². The van der Waals surface area contributed by atoms with Gasteiger partial charge in [-0.05, 0) is 26.2 Å². The second-order valence-electron chi connectivity index (χ2n) is 5.87. The topological polar surface area (TPSA) is 78.9 Å². The van der Waals surface area contributed by atoms with E-state index in [0.717, 1.165) is 32.8 Å². The Hall–Kier alpha value is -1.14. The Bertz CT molecular complexity index is 355. The van der Waals surface area contributed by atoms with Crippen molar-refractivity contribution in [3.63, 3.8) is 0 Å². The Labute approximate surface area is 119 Å². The third kappa shape index (κ3) is 4.18. The van der Waals surface area contributed by atoms with Gasteiger partial charge in [0, 0.05) is 31.6 Å². The van der Waals surface area contributed by atoms with Gasteiger partial charge in [-0.15, -0.1) is 0 Å². The highest BCUT2D eigenvalue weighted by Gasteiger charge is 2.34. The zero-order valence-electron chi connectivity index (χ0n) is 12.0. The molecule has 3 unspecified atom stereocenters. The SMILES string of the molecule is CC(CN1CCOCC1)NC(=O)C1CCC(C(=O)O)C1. The Kier molecular flexibility index (Phi) is 5.37. The van der Waals surface area contributed by atoms with E-state index < -0.39 is 5.97 Å². The fourth-order valence-corrected chi connectivity index (χ4v) is 3.02. The van der Waals surface area contributed by atoms with Crippen LogP contribution in [-0.2, 0) is 14.3 Å². The smallest absolute Gasteiger partial charge is 0.306 e. The van der Waals surface area contributed by atoms with Crippen molar-refractivity contribution in [3.8, 4) is 0 Å². The molecule has 1 heterocycles. The summed E-state index contributed by atoms with van der Waals surface area (Å²) < 4.78 is 5.29. The number of hydrogen-bond acceptors (Lipinski definition) is 4. The van der Waals surface area contributed by atoms with Crippen LogP contribution in [0.25, 0.3) is 0 Å². The molecule has 2 N–H and O–H groups in total. The molecule has 6 nitrogen and oxygen atoms in total. The molecule has 2 aliphatic rings. The summed E-state index contributed by atoms with van der Waals surface area (Å²) in [5.74, 6) is -1.25. The largest absolute Gasteiger partial charge is 0.481 e. The first-order valence-corrected chi connectivity index (χ1v) is 7.39. The fourth-order valence-electron chi connectivity index (χ4n) is 3.02. The lowest BCUT2D eigenvalue weighted by atomic mass is 10.0. The third-order valence-corrected chi connectivity index (χ3v) is 4.18. The van der Waals surface area contributed by atoms with Crippen molar-refractivity contribution in [1.82, 2.24) is 10.2 Å². The maximum atomic E-state index is 12.1. The molecule has 114 valence electrons. The van der Waals surface area contributed by atoms with Crippen molar-refractivity contribution in [3.05, 3.63) is 0 Å². The van der Waals surface area contributed by atoms with Crippen LogP contribution in [0.5, 0.6) is 0 Å². The van der Waals surface area contributed by atoms with Gasteiger partial charge in [0.2, 0.25) is 5.91 Å². The highest BCUT2D eigenvalue weighted by molar-refractivity contribution is 5.81. The summed E-state index contributed by atoms with van der Waals surface area (Å²) in [6, 6.07) is 0.0875. The molecule has 20 heavy (non-hydrogen) atoms. The van der Waals surface area contributed by atoms with Crippen LogP contribution in [0.4, 0.5) is 0 Å². The summed E-state index contributed by atoms with van der Waals surface area (Å²) in [5, 5.41) is 12.0. The van der Waals surface area contributed by atoms with Crippen LogP contribution < -0.4 is 5.32 Å². The number of carboxylic acids is 1. The normalized spacial score (nSPS) is 29.1. The van der Waals surface area contributed by atoms with E-state index in [0.29, 0.717) is 19.3 Å². The van der Waals surface area contributed by atoms with Crippen LogP contribution in [-0.4, -0.2) is 60.8 Å². The highest BCUT2D eigenvalue weighted by atomic mass is 16.5. The summed E-state index contributed by atoms with van der Waals surface area (Å²) in [7, 11) is 0. The van der Waals surface area contributed by atoms with Gasteiger partial charge in [0.15, 0.2) is 0 Å². The highest BCUT2D eigenvalue weighted by Crippen LogP contribution is 2.31. The standard InChI is InChI=1S/C14H24N2O4/c1-10(9-16-4-6-20-7-5-16)15-13(17)11-2-3-12(8-11)14(18)19/h10-12H,2-9H2,1H3,(H,15,17)(H,18,19). The van der Waals surface area contributed by atoms with E-state index in [1.807, 2.05) is 6.92 Å². The summed E-state index contributed by atoms with van der Waals surface area (Å²) in [4.78, 5) is 25.3. The summed E-state index contributed by atoms with van der Waals surface area (Å²) in [6.45, 7) is 6.14. The third-order valence-electron chi connectivity index (χ3n) is 4.18. The number of carboxylic acid groups (broad SMARTS) is 1. The molecule has 0 aromatic heterocycles. The maximum Gasteiger partial charge on any atom is 0.306 e. The number of carbonyl (C=O) groups excluding carboxylic acids is 1. The number of hydrogen-bond donors (Lipinski definition) is 2. The van der Waals surface area contributed by atoms with E-state index in [4.69, 9.17) is 9.84 Å². The summed E-state index contributed by atoms with van der Waals surface area (Å²) in [6.07, 6.45) is 1.78. The first-order valence-electron chi connectivity index (χ1n) is 7.39. The molecule has 1 saturated carbocycles. The molecule has 0 radical (unpaired) electrons. The van der Waals surface area contributed by atoms with Gasteiger partial charge >= 0.3 is 5.97 Å². The van der Waals surface area contributed by atoms with Crippen molar-refractivity contribution in [2.24, 2.45) is 11.8 Å². The molecule has 3 atom stereocenters. The van der Waals surface area contributed by atoms with Crippen molar-refractivity contribution in [2.75, 3.05) is 32.8 Å². The quantitative estimate of drug-likeness (QED) is 0.760. The molecule has 1 aliphatic heterocycles. The van der Waals surface area contributed by atoms with Gasteiger partial charge in [-0.3, -0.25) is 14.5 Å². The van der Waals surface area contributed by atoms with Crippen LogP contribution in [0.1, 0.15) is 26.2 Å². The Balaban J connectivity index is 1.72. The lowest BCUT2D eigenvalue weighted by Crippen LogP contribution is -2.47. The lowest BCUT2D eigenvalue weighted by molar-refractivity contribution is -0.141. The van der Waals surface area contributed by atoms with E-state index in [1.54, 1.807) is 0 Å². The minimum Gasteiger partial charge on any atom is -0.481 e. The molecule has 0 aromatic carbocycles. The Morgan fingerprint density at radius 3 is 2.55 bits per heavy atom. The predicted molar refractivity (Wildman–Crippen MR) is 73.3 cm³/mol. The molecular formula is C14H24N2O4. The molecule has 6 heteroatoms. The van der Waals surface area contributed by atoms with Gasteiger partial charge in [-0.2, -0.15) is 0 Å². The number of nitrogens with zero attached hydrogens (tertiary/aromatic N) is 1. The van der Waals surface area contributed by atoms with Gasteiger partial charge in [0.05, 0.1) is 19.1 Å². The van der Waals surface area contributed by atoms with Crippen molar-refractivity contribution >= 4 is 11.9 Å². The molecule has 0 bridgehead atoms. The van der Waals surface area contributed by atoms with Crippen LogP contribution >= 0.6 is 0 Å². The first kappa shape index (κ1) is 15.3. The van der Waals surface area contributed by atoms with Gasteiger partial charge in [-0.25, -0.2) is 0 Å². The van der Waals surface area contributed by atoms with Gasteiger partial charge < -0.3 is 15.2 Å². The number of amides is 1. The van der Waals surface area contributed by atoms with Gasteiger partial charge in [0.25, 0.3) is 0 Å². The number of aliphatic carboxylic acids is 1. The molecule has 0 aromatic rings. The van der Waals surface area contributed by atoms with E-state index in [2.05, 4.69) is 10.2 Å². The molecule has 1 saturated heterocycles. The summed E-state index contributed by atoms with van der Waals surface area (Å²) in [5.41, 5.74) is 0. The second-order valence-corrected chi connectivity index (χ2v) is 5.87. The zero-order valence-corrected chi connectivity index (χ0v) is 12.0. The molecule has 1 amide bonds. The van der Waals surface area contributed by atoms with Crippen molar-refractivity contribution in [1.29, 1.82) is 0 Å². The van der Waals surface area contributed by atoms with E-state index in [9.17, 15) is 9.59 Å². The molecular weight excluding hydrogens is 260 g/mol. The van der Waals surface area contributed by atoms with Crippen LogP contribution in [0.2, 0.25) is 0 Å². The fraction of sp³-hybridized carbons (Fsp3) is 0.857. The van der Waals surface area contributed by atoms with Crippen LogP contribution in [0.3, 0.4) is 0 Å². The number of rotatable bonds is 5. The second kappa shape index (κ2) is 7.04. The molecule has 0 spiro atoms. The van der Waals surface area contributed by atoms with Gasteiger partial charge in [-0.1, -0.05) is 0 Å². The van der Waals surface area contributed by atoms with E-state index >= 15 is 0 Å². The average Bonchev–Trinajstić information content (AvgIpc) is 2.89. The maximum absolute atomic E-state index is 12.1. The molecule has 2 rings (SSSR count). The number of nitrogens with one attached hydrogen (secondary N) is 1. The zero-order chi connectivity index (χ0) is 14.5. The number of morpholine rings is 1. The van der Waals surface area contributed by atoms with E-state index in [-0.39, 0.29) is 23.8 Å². The van der Waals surface area contributed by atoms with E-state index in [1.165, 1.54) is 0 Å². The predicted octanol–water partition coefficient (Wildman–Crippen LogP) is 0.324. The van der Waals surface area contributed by atoms with Gasteiger partial charge in [0.1, 0.15) is 0 Å². The monoisotopic (exact) mass is 284 g/mol. The molecule has 2 fully saturated rings. The molecule has 1 aliphatic carbocycles. The van der Waals surface area contributed by atoms with Crippen LogP contribution in [0, 0.1) is 11.8 Å². The summed E-state index contributed by atoms with van der Waals surface area (Å²) >= 11 is 0. The Morgan fingerprint density at radius 2 is 1.95 bits per heavy atom. The van der Waals surface area contributed by atoms with Crippen LogP contribution in [0.15, 0.2) is 0 Å².